The first kappa shape index (κ1) is 13.7. The minimum absolute atomic E-state index is 0.173. The number of halogens is 1. The lowest BCUT2D eigenvalue weighted by Crippen LogP contribution is -2.17. The van der Waals surface area contributed by atoms with Crippen molar-refractivity contribution in [1.29, 1.82) is 0 Å². The topological polar surface area (TPSA) is 37.3 Å². The van der Waals surface area contributed by atoms with Crippen molar-refractivity contribution < 1.29 is 9.90 Å². The molecule has 0 aromatic heterocycles. The number of aliphatic hydroxyl groups is 1. The van der Waals surface area contributed by atoms with Crippen LogP contribution in [0.4, 0.5) is 0 Å². The average Bonchev–Trinajstić information content (AvgIpc) is 2.15. The average molecular weight is 303 g/mol. The van der Waals surface area contributed by atoms with Crippen LogP contribution in [0.3, 0.4) is 0 Å². The van der Waals surface area contributed by atoms with Gasteiger partial charge in [0.1, 0.15) is 6.10 Å². The summed E-state index contributed by atoms with van der Waals surface area (Å²) < 4.78 is 0.757. The van der Waals surface area contributed by atoms with Gasteiger partial charge in [-0.15, -0.1) is 0 Å². The summed E-state index contributed by atoms with van der Waals surface area (Å²) in [7, 11) is 0. The van der Waals surface area contributed by atoms with Crippen LogP contribution in [0.2, 0.25) is 0 Å². The number of hydrogen-bond donors (Lipinski definition) is 1. The van der Waals surface area contributed by atoms with Crippen LogP contribution in [-0.4, -0.2) is 15.0 Å². The zero-order valence-electron chi connectivity index (χ0n) is 9.53. The number of thioether (sulfide) groups is 1. The van der Waals surface area contributed by atoms with Crippen LogP contribution < -0.4 is 0 Å². The fraction of sp³-hybridized carbons (Fsp3) is 0.417. The Morgan fingerprint density at radius 1 is 1.31 bits per heavy atom. The number of carbonyl (C=O) groups excluding carboxylic acids is 1. The first-order valence-electron chi connectivity index (χ1n) is 4.96. The van der Waals surface area contributed by atoms with Crippen molar-refractivity contribution in [3.05, 3.63) is 34.3 Å². The van der Waals surface area contributed by atoms with Gasteiger partial charge in [-0.1, -0.05) is 60.6 Å². The summed E-state index contributed by atoms with van der Waals surface area (Å²) in [4.78, 5) is 11.7. The monoisotopic (exact) mass is 302 g/mol. The molecule has 0 aliphatic heterocycles. The molecule has 0 aliphatic carbocycles. The number of hydrogen-bond acceptors (Lipinski definition) is 3. The first-order chi connectivity index (χ1) is 7.29. The van der Waals surface area contributed by atoms with Gasteiger partial charge in [0.2, 0.25) is 5.12 Å². The lowest BCUT2D eigenvalue weighted by Gasteiger charge is -2.18. The molecule has 1 aromatic carbocycles. The second-order valence-electron chi connectivity index (χ2n) is 4.49. The van der Waals surface area contributed by atoms with Crippen molar-refractivity contribution in [3.63, 3.8) is 0 Å². The van der Waals surface area contributed by atoms with Gasteiger partial charge in [-0.2, -0.15) is 0 Å². The van der Waals surface area contributed by atoms with E-state index in [1.165, 1.54) is 0 Å². The second-order valence-corrected chi connectivity index (χ2v) is 7.23. The fourth-order valence-corrected chi connectivity index (χ4v) is 2.25. The summed E-state index contributed by atoms with van der Waals surface area (Å²) in [5.41, 5.74) is 0.630. The molecule has 4 heteroatoms. The summed E-state index contributed by atoms with van der Waals surface area (Å²) in [6, 6.07) is 7.12. The minimum atomic E-state index is -1.04. The quantitative estimate of drug-likeness (QED) is 0.908. The van der Waals surface area contributed by atoms with Crippen molar-refractivity contribution in [3.8, 4) is 0 Å². The number of aliphatic hydroxyl groups excluding tert-OH is 1. The molecule has 1 atom stereocenters. The lowest BCUT2D eigenvalue weighted by atomic mass is 10.1. The molecule has 0 saturated heterocycles. The summed E-state index contributed by atoms with van der Waals surface area (Å²) in [6.07, 6.45) is -1.04. The van der Waals surface area contributed by atoms with E-state index in [0.29, 0.717) is 5.56 Å². The maximum atomic E-state index is 11.7. The Kier molecular flexibility index (Phi) is 4.59. The minimum Gasteiger partial charge on any atom is -0.380 e. The molecule has 88 valence electrons. The molecule has 0 spiro atoms. The molecule has 16 heavy (non-hydrogen) atoms. The molecule has 0 fully saturated rings. The van der Waals surface area contributed by atoms with Crippen LogP contribution in [0.15, 0.2) is 28.7 Å². The van der Waals surface area contributed by atoms with Gasteiger partial charge in [-0.3, -0.25) is 4.79 Å². The highest BCUT2D eigenvalue weighted by atomic mass is 79.9. The van der Waals surface area contributed by atoms with Crippen LogP contribution in [-0.2, 0) is 4.79 Å². The lowest BCUT2D eigenvalue weighted by molar-refractivity contribution is -0.118. The van der Waals surface area contributed by atoms with Gasteiger partial charge in [0, 0.05) is 9.22 Å². The molecule has 1 rings (SSSR count). The van der Waals surface area contributed by atoms with E-state index >= 15 is 0 Å². The Labute approximate surface area is 109 Å². The number of rotatable bonds is 2. The second kappa shape index (κ2) is 5.34. The van der Waals surface area contributed by atoms with Gasteiger partial charge in [0.05, 0.1) is 0 Å². The highest BCUT2D eigenvalue weighted by molar-refractivity contribution is 9.10. The maximum absolute atomic E-state index is 11.7. The summed E-state index contributed by atoms with van der Waals surface area (Å²) in [6.45, 7) is 5.84. The molecule has 0 radical (unpaired) electrons. The molecule has 0 aliphatic rings. The standard InChI is InChI=1S/C12H15BrO2S/c1-12(2,3)16-11(15)10(14)8-4-6-9(13)7-5-8/h4-7,10,14H,1-3H3/t10-/m1/s1. The van der Waals surface area contributed by atoms with E-state index in [0.717, 1.165) is 16.2 Å². The van der Waals surface area contributed by atoms with Crippen LogP contribution in [0.1, 0.15) is 32.4 Å². The van der Waals surface area contributed by atoms with Gasteiger partial charge in [0.25, 0.3) is 0 Å². The third kappa shape index (κ3) is 4.28. The number of carbonyl (C=O) groups is 1. The van der Waals surface area contributed by atoms with Crippen molar-refractivity contribution in [2.24, 2.45) is 0 Å². The molecule has 1 aromatic rings. The van der Waals surface area contributed by atoms with Gasteiger partial charge in [-0.25, -0.2) is 0 Å². The smallest absolute Gasteiger partial charge is 0.222 e. The number of benzene rings is 1. The fourth-order valence-electron chi connectivity index (χ4n) is 1.14. The highest BCUT2D eigenvalue weighted by Gasteiger charge is 2.24. The Bertz CT molecular complexity index is 368. The third-order valence-electron chi connectivity index (χ3n) is 1.82. The van der Waals surface area contributed by atoms with E-state index in [-0.39, 0.29) is 9.86 Å². The van der Waals surface area contributed by atoms with Gasteiger partial charge >= 0.3 is 0 Å². The van der Waals surface area contributed by atoms with Crippen LogP contribution in [0, 0.1) is 0 Å². The Morgan fingerprint density at radius 2 is 1.81 bits per heavy atom. The molecular weight excluding hydrogens is 288 g/mol. The summed E-state index contributed by atoms with van der Waals surface area (Å²) in [5.74, 6) is 0. The molecule has 0 heterocycles. The molecule has 0 amide bonds. The van der Waals surface area contributed by atoms with E-state index in [1.54, 1.807) is 12.1 Å². The van der Waals surface area contributed by atoms with Gasteiger partial charge in [-0.05, 0) is 17.7 Å². The summed E-state index contributed by atoms with van der Waals surface area (Å²) in [5, 5.41) is 9.64. The predicted octanol–water partition coefficient (Wildman–Crippen LogP) is 3.54. The Balaban J connectivity index is 2.74. The van der Waals surface area contributed by atoms with Gasteiger partial charge < -0.3 is 5.11 Å². The molecule has 2 nitrogen and oxygen atoms in total. The highest BCUT2D eigenvalue weighted by Crippen LogP contribution is 2.30. The van der Waals surface area contributed by atoms with Crippen molar-refractivity contribution in [2.45, 2.75) is 31.6 Å². The van der Waals surface area contributed by atoms with E-state index in [1.807, 2.05) is 32.9 Å². The van der Waals surface area contributed by atoms with E-state index < -0.39 is 6.10 Å². The molecule has 0 unspecified atom stereocenters. The predicted molar refractivity (Wildman–Crippen MR) is 71.5 cm³/mol. The maximum Gasteiger partial charge on any atom is 0.222 e. The van der Waals surface area contributed by atoms with Crippen molar-refractivity contribution in [1.82, 2.24) is 0 Å². The largest absolute Gasteiger partial charge is 0.380 e. The van der Waals surface area contributed by atoms with Gasteiger partial charge in [0.15, 0.2) is 0 Å². The molecular formula is C12H15BrO2S. The van der Waals surface area contributed by atoms with Crippen molar-refractivity contribution >= 4 is 32.8 Å². The molecule has 0 bridgehead atoms. The summed E-state index contributed by atoms with van der Waals surface area (Å²) >= 11 is 4.47. The molecule has 1 N–H and O–H groups in total. The Hall–Kier alpha value is -0.320. The van der Waals surface area contributed by atoms with Crippen LogP contribution in [0.25, 0.3) is 0 Å². The van der Waals surface area contributed by atoms with E-state index in [4.69, 9.17) is 0 Å². The Morgan fingerprint density at radius 3 is 2.25 bits per heavy atom. The van der Waals surface area contributed by atoms with E-state index in [2.05, 4.69) is 15.9 Å². The van der Waals surface area contributed by atoms with Crippen LogP contribution >= 0.6 is 27.7 Å². The SMILES string of the molecule is CC(C)(C)SC(=O)[C@H](O)c1ccc(Br)cc1. The normalized spacial score (nSPS) is 13.6. The third-order valence-corrected chi connectivity index (χ3v) is 3.38. The zero-order valence-corrected chi connectivity index (χ0v) is 11.9. The molecule has 0 saturated carbocycles. The van der Waals surface area contributed by atoms with E-state index in [9.17, 15) is 9.90 Å². The first-order valence-corrected chi connectivity index (χ1v) is 6.57. The zero-order chi connectivity index (χ0) is 12.3. The van der Waals surface area contributed by atoms with Crippen LogP contribution in [0.5, 0.6) is 0 Å². The van der Waals surface area contributed by atoms with Crippen molar-refractivity contribution in [2.75, 3.05) is 0 Å².